The molecule has 0 heterocycles. The van der Waals surface area contributed by atoms with Gasteiger partial charge in [0.1, 0.15) is 32.2 Å². The molecule has 0 aliphatic heterocycles. The molecule has 0 aromatic rings. The Labute approximate surface area is 198 Å². The minimum absolute atomic E-state index is 0.00434. The summed E-state index contributed by atoms with van der Waals surface area (Å²) >= 11 is 0. The molecule has 33 heavy (non-hydrogen) atoms. The second kappa shape index (κ2) is 15.9. The fraction of sp³-hybridized carbons (Fsp3) is 0.640. The third-order valence-electron chi connectivity index (χ3n) is 4.73. The van der Waals surface area contributed by atoms with Gasteiger partial charge in [-0.05, 0) is 50.0 Å². The van der Waals surface area contributed by atoms with Gasteiger partial charge in [0, 0.05) is 18.5 Å². The predicted molar refractivity (Wildman–Crippen MR) is 127 cm³/mol. The van der Waals surface area contributed by atoms with Crippen LogP contribution in [0.4, 0.5) is 4.79 Å². The summed E-state index contributed by atoms with van der Waals surface area (Å²) in [5, 5.41) is 2.72. The Balaban J connectivity index is 3.96. The highest BCUT2D eigenvalue weighted by Crippen LogP contribution is 2.31. The molecule has 0 saturated carbocycles. The van der Waals surface area contributed by atoms with Gasteiger partial charge in [-0.2, -0.15) is 0 Å². The van der Waals surface area contributed by atoms with Crippen molar-refractivity contribution in [1.82, 2.24) is 5.32 Å². The van der Waals surface area contributed by atoms with E-state index < -0.39 is 12.1 Å². The molecule has 1 unspecified atom stereocenters. The molecule has 0 aromatic carbocycles. The molecule has 0 bridgehead atoms. The van der Waals surface area contributed by atoms with Crippen molar-refractivity contribution in [3.63, 3.8) is 0 Å². The topological polar surface area (TPSA) is 100 Å². The van der Waals surface area contributed by atoms with Crippen molar-refractivity contribution in [3.8, 4) is 0 Å². The summed E-state index contributed by atoms with van der Waals surface area (Å²) < 4.78 is 20.3. The Morgan fingerprint density at radius 3 is 2.06 bits per heavy atom. The fourth-order valence-corrected chi connectivity index (χ4v) is 3.05. The minimum atomic E-state index is -0.551. The Hall–Kier alpha value is -2.77. The quantitative estimate of drug-likeness (QED) is 0.0826. The van der Waals surface area contributed by atoms with E-state index in [0.29, 0.717) is 24.3 Å². The van der Waals surface area contributed by atoms with Crippen LogP contribution in [0.3, 0.4) is 0 Å². The van der Waals surface area contributed by atoms with E-state index in [1.165, 1.54) is 0 Å². The average Bonchev–Trinajstić information content (AvgIpc) is 2.71. The Kier molecular flexibility index (Phi) is 14.6. The van der Waals surface area contributed by atoms with Crippen molar-refractivity contribution in [3.05, 3.63) is 36.6 Å². The molecule has 8 nitrogen and oxygen atoms in total. The molecule has 1 atom stereocenters. The second-order valence-electron chi connectivity index (χ2n) is 9.03. The molecule has 0 spiro atoms. The van der Waals surface area contributed by atoms with Crippen LogP contribution >= 0.6 is 0 Å². The molecule has 0 aliphatic rings. The number of alkyl carbamates (subject to hydrolysis) is 1. The van der Waals surface area contributed by atoms with E-state index in [9.17, 15) is 14.4 Å². The Morgan fingerprint density at radius 1 is 0.879 bits per heavy atom. The molecule has 1 N–H and O–H groups in total. The van der Waals surface area contributed by atoms with Crippen molar-refractivity contribution in [2.75, 3.05) is 33.0 Å². The lowest BCUT2D eigenvalue weighted by Crippen LogP contribution is -2.31. The van der Waals surface area contributed by atoms with E-state index in [0.717, 1.165) is 24.8 Å². The maximum Gasteiger partial charge on any atom is 0.407 e. The van der Waals surface area contributed by atoms with Crippen LogP contribution in [-0.4, -0.2) is 51.0 Å². The van der Waals surface area contributed by atoms with E-state index in [1.54, 1.807) is 13.8 Å². The first kappa shape index (κ1) is 30.2. The van der Waals surface area contributed by atoms with Gasteiger partial charge in [0.2, 0.25) is 0 Å². The highest BCUT2D eigenvalue weighted by atomic mass is 16.6. The summed E-state index contributed by atoms with van der Waals surface area (Å²) in [7, 11) is 0. The number of hydrogen-bond acceptors (Lipinski definition) is 7. The second-order valence-corrected chi connectivity index (χ2v) is 9.03. The van der Waals surface area contributed by atoms with Crippen LogP contribution in [0.1, 0.15) is 60.3 Å². The van der Waals surface area contributed by atoms with Crippen LogP contribution in [0.2, 0.25) is 0 Å². The number of allylic oxidation sites excluding steroid dienone is 1. The zero-order valence-corrected chi connectivity index (χ0v) is 20.9. The van der Waals surface area contributed by atoms with Gasteiger partial charge >= 0.3 is 18.0 Å². The normalized spacial score (nSPS) is 11.7. The molecule has 1 amide bonds. The maximum atomic E-state index is 11.9. The standard InChI is InChI=1S/C25H41NO7/c1-18(2)21(6)30-12-13-31-22(27)10-9-11-25(7,8)16-20(5)17-26-24(29)33-15-14-32-23(28)19(3)4/h20H,1,3,6,9-17H2,2,4-5,7-8H3,(H,26,29). The number of ether oxygens (including phenoxy) is 4. The van der Waals surface area contributed by atoms with Crippen molar-refractivity contribution >= 4 is 18.0 Å². The van der Waals surface area contributed by atoms with Crippen molar-refractivity contribution in [2.24, 2.45) is 11.3 Å². The molecule has 8 heteroatoms. The molecular weight excluding hydrogens is 426 g/mol. The largest absolute Gasteiger partial charge is 0.490 e. The van der Waals surface area contributed by atoms with E-state index >= 15 is 0 Å². The van der Waals surface area contributed by atoms with Crippen LogP contribution in [0.15, 0.2) is 36.6 Å². The molecule has 0 aromatic heterocycles. The highest BCUT2D eigenvalue weighted by Gasteiger charge is 2.22. The van der Waals surface area contributed by atoms with Crippen LogP contribution in [0.25, 0.3) is 0 Å². The van der Waals surface area contributed by atoms with Crippen LogP contribution < -0.4 is 5.32 Å². The number of carbonyl (C=O) groups excluding carboxylic acids is 3. The van der Waals surface area contributed by atoms with Gasteiger partial charge in [-0.25, -0.2) is 9.59 Å². The van der Waals surface area contributed by atoms with E-state index in [1.807, 2.05) is 6.92 Å². The molecule has 0 saturated heterocycles. The number of amides is 1. The third-order valence-corrected chi connectivity index (χ3v) is 4.73. The number of carbonyl (C=O) groups is 3. The molecule has 0 radical (unpaired) electrons. The van der Waals surface area contributed by atoms with Gasteiger partial charge in [0.15, 0.2) is 0 Å². The monoisotopic (exact) mass is 467 g/mol. The maximum absolute atomic E-state index is 11.9. The highest BCUT2D eigenvalue weighted by molar-refractivity contribution is 5.86. The lowest BCUT2D eigenvalue weighted by Gasteiger charge is -2.28. The number of hydrogen-bond donors (Lipinski definition) is 1. The van der Waals surface area contributed by atoms with Crippen LogP contribution in [0, 0.1) is 11.3 Å². The molecule has 0 aliphatic carbocycles. The molecular formula is C25H41NO7. The van der Waals surface area contributed by atoms with Crippen molar-refractivity contribution < 1.29 is 33.3 Å². The van der Waals surface area contributed by atoms with Crippen LogP contribution in [-0.2, 0) is 28.5 Å². The minimum Gasteiger partial charge on any atom is -0.490 e. The fourth-order valence-electron chi connectivity index (χ4n) is 3.05. The summed E-state index contributed by atoms with van der Waals surface area (Å²) in [5.41, 5.74) is 1.04. The lowest BCUT2D eigenvalue weighted by molar-refractivity contribution is -0.145. The first-order valence-electron chi connectivity index (χ1n) is 11.2. The first-order chi connectivity index (χ1) is 15.3. The number of rotatable bonds is 17. The zero-order valence-electron chi connectivity index (χ0n) is 20.9. The summed E-state index contributed by atoms with van der Waals surface area (Å²) in [6.45, 7) is 21.4. The molecule has 188 valence electrons. The van der Waals surface area contributed by atoms with Crippen molar-refractivity contribution in [2.45, 2.75) is 60.3 Å². The zero-order chi connectivity index (χ0) is 25.4. The number of nitrogens with one attached hydrogen (secondary N) is 1. The smallest absolute Gasteiger partial charge is 0.407 e. The van der Waals surface area contributed by atoms with Crippen LogP contribution in [0.5, 0.6) is 0 Å². The Morgan fingerprint density at radius 2 is 1.45 bits per heavy atom. The molecule has 0 fully saturated rings. The summed E-state index contributed by atoms with van der Waals surface area (Å²) in [6, 6.07) is 0. The predicted octanol–water partition coefficient (Wildman–Crippen LogP) is 4.70. The van der Waals surface area contributed by atoms with Crippen molar-refractivity contribution in [1.29, 1.82) is 0 Å². The van der Waals surface area contributed by atoms with E-state index in [2.05, 4.69) is 38.9 Å². The SMILES string of the molecule is C=C(C)C(=C)OCCOC(=O)CCCC(C)(C)CC(C)CNC(=O)OCCOC(=O)C(=C)C. The first-order valence-corrected chi connectivity index (χ1v) is 11.2. The van der Waals surface area contributed by atoms with E-state index in [4.69, 9.17) is 18.9 Å². The van der Waals surface area contributed by atoms with Gasteiger partial charge in [-0.1, -0.05) is 40.5 Å². The van der Waals surface area contributed by atoms with E-state index in [-0.39, 0.29) is 43.7 Å². The number of esters is 2. The summed E-state index contributed by atoms with van der Waals surface area (Å²) in [5.74, 6) is -0.0446. The molecule has 0 rings (SSSR count). The third kappa shape index (κ3) is 16.5. The average molecular weight is 468 g/mol. The summed E-state index contributed by atoms with van der Waals surface area (Å²) in [6.07, 6.45) is 2.24. The van der Waals surface area contributed by atoms with Gasteiger partial charge in [-0.15, -0.1) is 0 Å². The summed E-state index contributed by atoms with van der Waals surface area (Å²) in [4.78, 5) is 34.9. The lowest BCUT2D eigenvalue weighted by atomic mass is 9.79. The van der Waals surface area contributed by atoms with Gasteiger partial charge < -0.3 is 24.3 Å². The van der Waals surface area contributed by atoms with Gasteiger partial charge in [0.05, 0.1) is 0 Å². The van der Waals surface area contributed by atoms with Gasteiger partial charge in [-0.3, -0.25) is 4.79 Å². The van der Waals surface area contributed by atoms with Gasteiger partial charge in [0.25, 0.3) is 0 Å². The Bertz CT molecular complexity index is 697.